The molecule has 1 fully saturated rings. The van der Waals surface area contributed by atoms with Gasteiger partial charge in [-0.05, 0) is 48.0 Å². The first kappa shape index (κ1) is 23.7. The van der Waals surface area contributed by atoms with Crippen molar-refractivity contribution in [3.05, 3.63) is 106 Å². The van der Waals surface area contributed by atoms with Gasteiger partial charge in [-0.2, -0.15) is 0 Å². The minimum absolute atomic E-state index is 0.0760. The third kappa shape index (κ3) is 6.30. The molecule has 35 heavy (non-hydrogen) atoms. The first-order chi connectivity index (χ1) is 17.0. The molecule has 4 rings (SSSR count). The molecule has 1 N–H and O–H groups in total. The van der Waals surface area contributed by atoms with Crippen LogP contribution < -0.4 is 10.1 Å². The van der Waals surface area contributed by atoms with Gasteiger partial charge in [-0.3, -0.25) is 19.7 Å². The van der Waals surface area contributed by atoms with Crippen LogP contribution >= 0.6 is 0 Å². The molecular formula is C26H23N3O6. The summed E-state index contributed by atoms with van der Waals surface area (Å²) in [5.41, 5.74) is 0.792. The van der Waals surface area contributed by atoms with Gasteiger partial charge >= 0.3 is 0 Å². The van der Waals surface area contributed by atoms with Gasteiger partial charge in [0.2, 0.25) is 0 Å². The topological polar surface area (TPSA) is 111 Å². The fraction of sp³-hybridized carbons (Fsp3) is 0.154. The van der Waals surface area contributed by atoms with Crippen molar-refractivity contribution >= 4 is 23.6 Å². The molecule has 0 spiro atoms. The van der Waals surface area contributed by atoms with Crippen molar-refractivity contribution in [1.29, 1.82) is 0 Å². The second kappa shape index (κ2) is 11.1. The number of benzene rings is 3. The van der Waals surface area contributed by atoms with E-state index in [1.165, 1.54) is 24.3 Å². The van der Waals surface area contributed by atoms with Crippen LogP contribution in [0.1, 0.15) is 15.9 Å². The highest BCUT2D eigenvalue weighted by Gasteiger charge is 2.23. The molecule has 178 valence electrons. The number of para-hydroxylation sites is 1. The lowest BCUT2D eigenvalue weighted by Gasteiger charge is -2.27. The van der Waals surface area contributed by atoms with Crippen LogP contribution in [0.4, 0.5) is 5.69 Å². The summed E-state index contributed by atoms with van der Waals surface area (Å²) in [5, 5.41) is 13.6. The van der Waals surface area contributed by atoms with Crippen molar-refractivity contribution in [3.8, 4) is 11.5 Å². The Kier molecular flexibility index (Phi) is 7.49. The van der Waals surface area contributed by atoms with E-state index in [2.05, 4.69) is 5.32 Å². The van der Waals surface area contributed by atoms with Gasteiger partial charge in [0.1, 0.15) is 17.2 Å². The van der Waals surface area contributed by atoms with Crippen molar-refractivity contribution in [2.75, 3.05) is 26.3 Å². The molecule has 0 saturated carbocycles. The van der Waals surface area contributed by atoms with Crippen molar-refractivity contribution in [2.24, 2.45) is 0 Å². The number of nitro groups is 1. The van der Waals surface area contributed by atoms with Crippen LogP contribution in [-0.4, -0.2) is 47.9 Å². The molecule has 3 aromatic rings. The zero-order valence-corrected chi connectivity index (χ0v) is 18.8. The van der Waals surface area contributed by atoms with E-state index < -0.39 is 10.8 Å². The van der Waals surface area contributed by atoms with E-state index in [0.29, 0.717) is 43.4 Å². The Morgan fingerprint density at radius 3 is 2.31 bits per heavy atom. The third-order valence-corrected chi connectivity index (χ3v) is 5.27. The lowest BCUT2D eigenvalue weighted by atomic mass is 10.1. The largest absolute Gasteiger partial charge is 0.457 e. The predicted molar refractivity (Wildman–Crippen MR) is 129 cm³/mol. The molecule has 3 aromatic carbocycles. The first-order valence-corrected chi connectivity index (χ1v) is 11.0. The number of hydrogen-bond donors (Lipinski definition) is 1. The Bertz CT molecular complexity index is 1240. The highest BCUT2D eigenvalue weighted by molar-refractivity contribution is 6.05. The van der Waals surface area contributed by atoms with Crippen LogP contribution in [0, 0.1) is 10.1 Å². The van der Waals surface area contributed by atoms with Gasteiger partial charge in [0, 0.05) is 30.8 Å². The lowest BCUT2D eigenvalue weighted by molar-refractivity contribution is -0.384. The fourth-order valence-corrected chi connectivity index (χ4v) is 3.48. The van der Waals surface area contributed by atoms with Crippen molar-refractivity contribution in [3.63, 3.8) is 0 Å². The summed E-state index contributed by atoms with van der Waals surface area (Å²) in [6, 6.07) is 21.6. The number of non-ortho nitro benzene ring substituents is 1. The smallest absolute Gasteiger partial charge is 0.270 e. The minimum atomic E-state index is -0.551. The maximum absolute atomic E-state index is 13.3. The summed E-state index contributed by atoms with van der Waals surface area (Å²) in [6.45, 7) is 1.63. The molecule has 0 atom stereocenters. The molecule has 0 bridgehead atoms. The van der Waals surface area contributed by atoms with E-state index in [1.807, 2.05) is 30.3 Å². The summed E-state index contributed by atoms with van der Waals surface area (Å²) in [5.74, 6) is 0.344. The zero-order valence-electron chi connectivity index (χ0n) is 18.8. The van der Waals surface area contributed by atoms with Gasteiger partial charge < -0.3 is 19.7 Å². The number of nitro benzene ring substituents is 1. The Hall–Kier alpha value is -4.50. The Labute approximate surface area is 201 Å². The van der Waals surface area contributed by atoms with E-state index in [-0.39, 0.29) is 22.9 Å². The number of rotatable bonds is 7. The number of hydrogen-bond acceptors (Lipinski definition) is 6. The van der Waals surface area contributed by atoms with Crippen LogP contribution in [0.15, 0.2) is 84.6 Å². The number of ether oxygens (including phenoxy) is 2. The summed E-state index contributed by atoms with van der Waals surface area (Å²) in [4.78, 5) is 38.1. The number of carbonyl (C=O) groups is 2. The van der Waals surface area contributed by atoms with Gasteiger partial charge in [-0.1, -0.05) is 30.3 Å². The normalized spacial score (nSPS) is 13.7. The number of carbonyl (C=O) groups excluding carboxylic acids is 2. The van der Waals surface area contributed by atoms with E-state index in [1.54, 1.807) is 35.2 Å². The molecule has 1 heterocycles. The third-order valence-electron chi connectivity index (χ3n) is 5.27. The van der Waals surface area contributed by atoms with E-state index in [0.717, 1.165) is 0 Å². The molecule has 0 unspecified atom stereocenters. The fourth-order valence-electron chi connectivity index (χ4n) is 3.48. The second-order valence-corrected chi connectivity index (χ2v) is 7.71. The molecule has 1 aliphatic heterocycles. The summed E-state index contributed by atoms with van der Waals surface area (Å²) < 4.78 is 11.2. The highest BCUT2D eigenvalue weighted by atomic mass is 16.6. The molecule has 0 aromatic heterocycles. The number of nitrogens with one attached hydrogen (secondary N) is 1. The molecule has 1 aliphatic rings. The van der Waals surface area contributed by atoms with Gasteiger partial charge in [0.05, 0.1) is 18.1 Å². The molecule has 2 amide bonds. The number of amides is 2. The zero-order chi connectivity index (χ0) is 24.6. The van der Waals surface area contributed by atoms with Crippen LogP contribution in [0.2, 0.25) is 0 Å². The molecular weight excluding hydrogens is 450 g/mol. The Balaban J connectivity index is 1.60. The maximum atomic E-state index is 13.3. The van der Waals surface area contributed by atoms with E-state index >= 15 is 0 Å². The van der Waals surface area contributed by atoms with Crippen LogP contribution in [0.3, 0.4) is 0 Å². The summed E-state index contributed by atoms with van der Waals surface area (Å²) in [7, 11) is 0. The summed E-state index contributed by atoms with van der Waals surface area (Å²) >= 11 is 0. The molecule has 0 radical (unpaired) electrons. The van der Waals surface area contributed by atoms with Gasteiger partial charge in [-0.25, -0.2) is 0 Å². The average Bonchev–Trinajstić information content (AvgIpc) is 2.89. The molecule has 1 saturated heterocycles. The molecule has 9 heteroatoms. The van der Waals surface area contributed by atoms with Crippen LogP contribution in [0.5, 0.6) is 11.5 Å². The van der Waals surface area contributed by atoms with Gasteiger partial charge in [0.25, 0.3) is 17.5 Å². The second-order valence-electron chi connectivity index (χ2n) is 7.71. The first-order valence-electron chi connectivity index (χ1n) is 11.0. The SMILES string of the molecule is O=C(N/C(=C/c1cccc(Oc2ccccc2)c1)C(=O)N1CCOCC1)c1ccc([N+](=O)[O-])cc1. The van der Waals surface area contributed by atoms with Gasteiger partial charge in [0.15, 0.2) is 0 Å². The highest BCUT2D eigenvalue weighted by Crippen LogP contribution is 2.23. The standard InChI is InChI=1S/C26H23N3O6/c30-25(20-9-11-21(12-10-20)29(32)33)27-24(26(31)28-13-15-34-16-14-28)18-19-5-4-8-23(17-19)35-22-6-2-1-3-7-22/h1-12,17-18H,13-16H2,(H,27,30)/b24-18+. The summed E-state index contributed by atoms with van der Waals surface area (Å²) in [6.07, 6.45) is 1.58. The average molecular weight is 473 g/mol. The van der Waals surface area contributed by atoms with E-state index in [4.69, 9.17) is 9.47 Å². The van der Waals surface area contributed by atoms with E-state index in [9.17, 15) is 19.7 Å². The maximum Gasteiger partial charge on any atom is 0.270 e. The number of morpholine rings is 1. The monoisotopic (exact) mass is 473 g/mol. The molecule has 9 nitrogen and oxygen atoms in total. The van der Waals surface area contributed by atoms with Crippen LogP contribution in [-0.2, 0) is 9.53 Å². The van der Waals surface area contributed by atoms with Crippen molar-refractivity contribution < 1.29 is 24.0 Å². The quantitative estimate of drug-likeness (QED) is 0.315. The Morgan fingerprint density at radius 1 is 0.943 bits per heavy atom. The molecule has 0 aliphatic carbocycles. The van der Waals surface area contributed by atoms with Crippen LogP contribution in [0.25, 0.3) is 6.08 Å². The number of nitrogens with zero attached hydrogens (tertiary/aromatic N) is 2. The Morgan fingerprint density at radius 2 is 1.63 bits per heavy atom. The minimum Gasteiger partial charge on any atom is -0.457 e. The predicted octanol–water partition coefficient (Wildman–Crippen LogP) is 4.02. The van der Waals surface area contributed by atoms with Gasteiger partial charge in [-0.15, -0.1) is 0 Å². The lowest BCUT2D eigenvalue weighted by Crippen LogP contribution is -2.44. The van der Waals surface area contributed by atoms with Crippen molar-refractivity contribution in [2.45, 2.75) is 0 Å². The van der Waals surface area contributed by atoms with Crippen molar-refractivity contribution in [1.82, 2.24) is 10.2 Å².